The zero-order chi connectivity index (χ0) is 23.3. The number of aliphatic hydroxyl groups is 1. The molecule has 1 fully saturated rings. The van der Waals surface area contributed by atoms with Crippen LogP contribution < -0.4 is 4.72 Å². The van der Waals surface area contributed by atoms with Crippen LogP contribution in [0.15, 0.2) is 65.6 Å². The molecule has 0 bridgehead atoms. The molecule has 3 aromatic carbocycles. The average molecular weight is 471 g/mol. The predicted molar refractivity (Wildman–Crippen MR) is 124 cm³/mol. The molecule has 1 aliphatic rings. The molecule has 0 radical (unpaired) electrons. The monoisotopic (exact) mass is 470 g/mol. The molecule has 0 saturated heterocycles. The van der Waals surface area contributed by atoms with E-state index in [1.165, 1.54) is 24.3 Å². The number of hydrogen-bond acceptors (Lipinski definition) is 3. The Labute approximate surface area is 190 Å². The topological polar surface area (TPSA) is 71.3 Å². The molecule has 0 aliphatic heterocycles. The van der Waals surface area contributed by atoms with E-state index in [4.69, 9.17) is 0 Å². The highest BCUT2D eigenvalue weighted by atomic mass is 32.2. The Balaban J connectivity index is 1.54. The SMILES string of the molecule is Cc1ccc(S(=O)(=O)N[C@@H]2CCC[C@H](n3c4ccc(F)cc4c4cc(F)ccc43)[C@H]2O)cc1. The first-order valence-electron chi connectivity index (χ1n) is 10.9. The minimum atomic E-state index is -3.82. The molecule has 2 N–H and O–H groups in total. The second kappa shape index (κ2) is 8.20. The molecular formula is C25H24F2N2O3S. The van der Waals surface area contributed by atoms with Gasteiger partial charge in [-0.3, -0.25) is 0 Å². The maximum Gasteiger partial charge on any atom is 0.240 e. The standard InChI is InChI=1S/C25H24F2N2O3S/c1-15-5-9-18(10-6-15)33(31,32)28-21-3-2-4-24(25(21)30)29-22-11-7-16(26)13-19(22)20-14-17(27)8-12-23(20)29/h5-14,21,24-25,28,30H,2-4H2,1H3/t21-,24+,25+/m1/s1. The maximum absolute atomic E-state index is 14.0. The molecule has 1 heterocycles. The van der Waals surface area contributed by atoms with Crippen LogP contribution in [0.5, 0.6) is 0 Å². The predicted octanol–water partition coefficient (Wildman–Crippen LogP) is 4.81. The van der Waals surface area contributed by atoms with Crippen molar-refractivity contribution < 1.29 is 22.3 Å². The minimum Gasteiger partial charge on any atom is -0.389 e. The van der Waals surface area contributed by atoms with E-state index in [-0.39, 0.29) is 4.90 Å². The fraction of sp³-hybridized carbons (Fsp3) is 0.280. The number of halogens is 2. The Bertz CT molecular complexity index is 1390. The normalized spacial score (nSPS) is 21.6. The second-order valence-corrected chi connectivity index (χ2v) is 10.4. The van der Waals surface area contributed by atoms with Crippen LogP contribution in [0.25, 0.3) is 21.8 Å². The quantitative estimate of drug-likeness (QED) is 0.450. The van der Waals surface area contributed by atoms with Gasteiger partial charge in [0.15, 0.2) is 0 Å². The fourth-order valence-corrected chi connectivity index (χ4v) is 6.19. The van der Waals surface area contributed by atoms with Crippen molar-refractivity contribution in [3.05, 3.63) is 77.9 Å². The van der Waals surface area contributed by atoms with Crippen molar-refractivity contribution in [2.75, 3.05) is 0 Å². The molecule has 1 aliphatic carbocycles. The van der Waals surface area contributed by atoms with Gasteiger partial charge in [-0.1, -0.05) is 17.7 Å². The molecule has 4 aromatic rings. The van der Waals surface area contributed by atoms with Crippen molar-refractivity contribution >= 4 is 31.8 Å². The number of aliphatic hydroxyl groups excluding tert-OH is 1. The summed E-state index contributed by atoms with van der Waals surface area (Å²) in [5.74, 6) is -0.863. The smallest absolute Gasteiger partial charge is 0.240 e. The molecule has 3 atom stereocenters. The number of aromatic nitrogens is 1. The first kappa shape index (κ1) is 22.0. The molecule has 0 unspecified atom stereocenters. The molecule has 5 rings (SSSR count). The Morgan fingerprint density at radius 1 is 0.909 bits per heavy atom. The largest absolute Gasteiger partial charge is 0.389 e. The van der Waals surface area contributed by atoms with Crippen molar-refractivity contribution in [3.8, 4) is 0 Å². The lowest BCUT2D eigenvalue weighted by Crippen LogP contribution is -2.49. The third-order valence-electron chi connectivity index (χ3n) is 6.52. The van der Waals surface area contributed by atoms with E-state index in [1.54, 1.807) is 36.4 Å². The Hall–Kier alpha value is -2.81. The van der Waals surface area contributed by atoms with E-state index in [9.17, 15) is 22.3 Å². The fourth-order valence-electron chi connectivity index (χ4n) is 4.91. The summed E-state index contributed by atoms with van der Waals surface area (Å²) in [5.41, 5.74) is 2.29. The first-order valence-corrected chi connectivity index (χ1v) is 12.4. The van der Waals surface area contributed by atoms with Crippen LogP contribution in [-0.4, -0.2) is 30.2 Å². The van der Waals surface area contributed by atoms with E-state index in [2.05, 4.69) is 4.72 Å². The van der Waals surface area contributed by atoms with Gasteiger partial charge < -0.3 is 9.67 Å². The lowest BCUT2D eigenvalue weighted by molar-refractivity contribution is 0.0547. The first-order chi connectivity index (χ1) is 15.7. The van der Waals surface area contributed by atoms with Gasteiger partial charge in [0.05, 0.1) is 23.1 Å². The van der Waals surface area contributed by atoms with E-state index in [1.807, 2.05) is 11.5 Å². The van der Waals surface area contributed by atoms with Crippen LogP contribution in [-0.2, 0) is 10.0 Å². The number of benzene rings is 3. The molecule has 0 amide bonds. The second-order valence-electron chi connectivity index (χ2n) is 8.72. The molecule has 1 saturated carbocycles. The van der Waals surface area contributed by atoms with Gasteiger partial charge >= 0.3 is 0 Å². The Morgan fingerprint density at radius 3 is 2.06 bits per heavy atom. The maximum atomic E-state index is 14.0. The summed E-state index contributed by atoms with van der Waals surface area (Å²) in [6.45, 7) is 1.88. The van der Waals surface area contributed by atoms with Crippen LogP contribution in [0, 0.1) is 18.6 Å². The van der Waals surface area contributed by atoms with Crippen LogP contribution in [0.3, 0.4) is 0 Å². The number of rotatable bonds is 4. The third kappa shape index (κ3) is 3.92. The summed E-state index contributed by atoms with van der Waals surface area (Å²) in [4.78, 5) is 0.144. The summed E-state index contributed by atoms with van der Waals surface area (Å²) in [7, 11) is -3.82. The molecule has 5 nitrogen and oxygen atoms in total. The van der Waals surface area contributed by atoms with Crippen molar-refractivity contribution in [1.82, 2.24) is 9.29 Å². The van der Waals surface area contributed by atoms with E-state index >= 15 is 0 Å². The third-order valence-corrected chi connectivity index (χ3v) is 8.02. The summed E-state index contributed by atoms with van der Waals surface area (Å²) >= 11 is 0. The summed E-state index contributed by atoms with van der Waals surface area (Å²) in [6, 6.07) is 14.0. The lowest BCUT2D eigenvalue weighted by atomic mass is 9.88. The van der Waals surface area contributed by atoms with Crippen LogP contribution in [0.4, 0.5) is 8.78 Å². The van der Waals surface area contributed by atoms with E-state index < -0.39 is 39.8 Å². The van der Waals surface area contributed by atoms with Gasteiger partial charge in [0.25, 0.3) is 0 Å². The highest BCUT2D eigenvalue weighted by Crippen LogP contribution is 2.38. The molecular weight excluding hydrogens is 446 g/mol. The summed E-state index contributed by atoms with van der Waals surface area (Å²) in [6.07, 6.45) is 0.764. The zero-order valence-electron chi connectivity index (χ0n) is 18.0. The van der Waals surface area contributed by atoms with Gasteiger partial charge in [-0.05, 0) is 74.7 Å². The number of nitrogens with one attached hydrogen (secondary N) is 1. The highest BCUT2D eigenvalue weighted by Gasteiger charge is 2.37. The van der Waals surface area contributed by atoms with Gasteiger partial charge in [0, 0.05) is 21.8 Å². The van der Waals surface area contributed by atoms with Gasteiger partial charge in [-0.2, -0.15) is 0 Å². The number of fused-ring (bicyclic) bond motifs is 3. The van der Waals surface area contributed by atoms with Crippen LogP contribution in [0.2, 0.25) is 0 Å². The zero-order valence-corrected chi connectivity index (χ0v) is 18.8. The number of sulfonamides is 1. The Kier molecular flexibility index (Phi) is 5.47. The van der Waals surface area contributed by atoms with Crippen molar-refractivity contribution in [3.63, 3.8) is 0 Å². The summed E-state index contributed by atoms with van der Waals surface area (Å²) in [5, 5.41) is 12.4. The van der Waals surface area contributed by atoms with Crippen molar-refractivity contribution in [2.24, 2.45) is 0 Å². The van der Waals surface area contributed by atoms with Gasteiger partial charge in [-0.25, -0.2) is 21.9 Å². The number of hydrogen-bond donors (Lipinski definition) is 2. The lowest BCUT2D eigenvalue weighted by Gasteiger charge is -2.36. The molecule has 33 heavy (non-hydrogen) atoms. The summed E-state index contributed by atoms with van der Waals surface area (Å²) < 4.78 is 58.4. The van der Waals surface area contributed by atoms with Gasteiger partial charge in [0.1, 0.15) is 11.6 Å². The minimum absolute atomic E-state index is 0.144. The molecule has 0 spiro atoms. The van der Waals surface area contributed by atoms with E-state index in [0.29, 0.717) is 41.1 Å². The van der Waals surface area contributed by atoms with Gasteiger partial charge in [-0.15, -0.1) is 0 Å². The van der Waals surface area contributed by atoms with Gasteiger partial charge in [0.2, 0.25) is 10.0 Å². The Morgan fingerprint density at radius 2 is 1.48 bits per heavy atom. The highest BCUT2D eigenvalue weighted by molar-refractivity contribution is 7.89. The van der Waals surface area contributed by atoms with Crippen molar-refractivity contribution in [2.45, 2.75) is 49.3 Å². The number of nitrogens with zero attached hydrogens (tertiary/aromatic N) is 1. The number of aryl methyl sites for hydroxylation is 1. The molecule has 1 aromatic heterocycles. The van der Waals surface area contributed by atoms with E-state index in [0.717, 1.165) is 5.56 Å². The van der Waals surface area contributed by atoms with Crippen molar-refractivity contribution in [1.29, 1.82) is 0 Å². The van der Waals surface area contributed by atoms with Crippen LogP contribution in [0.1, 0.15) is 30.9 Å². The average Bonchev–Trinajstić information content (AvgIpc) is 3.08. The molecule has 172 valence electrons. The molecule has 8 heteroatoms. The van der Waals surface area contributed by atoms with Crippen LogP contribution >= 0.6 is 0 Å².